The van der Waals surface area contributed by atoms with Crippen LogP contribution in [0.1, 0.15) is 18.2 Å². The molecule has 0 spiro atoms. The third-order valence-electron chi connectivity index (χ3n) is 4.24. The molecule has 0 aliphatic carbocycles. The maximum Gasteiger partial charge on any atom is 0.239 e. The van der Waals surface area contributed by atoms with Crippen molar-refractivity contribution in [3.8, 4) is 11.4 Å². The highest BCUT2D eigenvalue weighted by atomic mass is 32.2. The summed E-state index contributed by atoms with van der Waals surface area (Å²) < 4.78 is 7.12. The molecule has 9 heteroatoms. The Kier molecular flexibility index (Phi) is 7.07. The summed E-state index contributed by atoms with van der Waals surface area (Å²) in [7, 11) is 0. The van der Waals surface area contributed by atoms with Crippen molar-refractivity contribution in [1.82, 2.24) is 25.4 Å². The number of aryl methyl sites for hydroxylation is 1. The van der Waals surface area contributed by atoms with Crippen molar-refractivity contribution in [2.75, 3.05) is 12.3 Å². The highest BCUT2D eigenvalue weighted by Gasteiger charge is 2.16. The Balaban J connectivity index is 1.50. The van der Waals surface area contributed by atoms with Gasteiger partial charge in [-0.2, -0.15) is 0 Å². The highest BCUT2D eigenvalue weighted by Crippen LogP contribution is 2.26. The maximum absolute atomic E-state index is 12.1. The van der Waals surface area contributed by atoms with E-state index < -0.39 is 0 Å². The molecule has 0 aliphatic rings. The number of furan rings is 1. The van der Waals surface area contributed by atoms with Gasteiger partial charge in [0.25, 0.3) is 0 Å². The smallest absolute Gasteiger partial charge is 0.239 e. The van der Waals surface area contributed by atoms with E-state index in [-0.39, 0.29) is 30.7 Å². The van der Waals surface area contributed by atoms with E-state index in [1.807, 2.05) is 42.7 Å². The van der Waals surface area contributed by atoms with Gasteiger partial charge in [0.05, 0.1) is 25.1 Å². The number of hydrogen-bond acceptors (Lipinski definition) is 6. The fraction of sp³-hybridized carbons (Fsp3) is 0.300. The van der Waals surface area contributed by atoms with Crippen molar-refractivity contribution in [3.63, 3.8) is 0 Å². The number of carbonyl (C=O) groups is 2. The van der Waals surface area contributed by atoms with Crippen LogP contribution in [0.15, 0.2) is 52.2 Å². The topological polar surface area (TPSA) is 102 Å². The van der Waals surface area contributed by atoms with Crippen LogP contribution >= 0.6 is 11.8 Å². The lowest BCUT2D eigenvalue weighted by atomic mass is 10.1. The molecule has 1 aromatic carbocycles. The summed E-state index contributed by atoms with van der Waals surface area (Å²) in [5.74, 6) is 1.07. The number of amides is 2. The minimum Gasteiger partial charge on any atom is -0.467 e. The van der Waals surface area contributed by atoms with Crippen molar-refractivity contribution < 1.29 is 14.0 Å². The van der Waals surface area contributed by atoms with Gasteiger partial charge in [-0.1, -0.05) is 36.0 Å². The van der Waals surface area contributed by atoms with Gasteiger partial charge in [-0.05, 0) is 31.5 Å². The zero-order chi connectivity index (χ0) is 20.6. The van der Waals surface area contributed by atoms with Crippen LogP contribution in [0.3, 0.4) is 0 Å². The average Bonchev–Trinajstić information content (AvgIpc) is 3.39. The van der Waals surface area contributed by atoms with Gasteiger partial charge in [0.1, 0.15) is 5.76 Å². The second-order valence-corrected chi connectivity index (χ2v) is 7.23. The Morgan fingerprint density at radius 1 is 1.10 bits per heavy atom. The van der Waals surface area contributed by atoms with Gasteiger partial charge < -0.3 is 19.6 Å². The fourth-order valence-electron chi connectivity index (χ4n) is 2.72. The first kappa shape index (κ1) is 20.7. The number of benzene rings is 1. The number of thioether (sulfide) groups is 1. The van der Waals surface area contributed by atoms with Crippen LogP contribution in [0.25, 0.3) is 11.4 Å². The van der Waals surface area contributed by atoms with Crippen molar-refractivity contribution in [1.29, 1.82) is 0 Å². The molecule has 3 rings (SSSR count). The van der Waals surface area contributed by atoms with E-state index in [9.17, 15) is 9.59 Å². The van der Waals surface area contributed by atoms with E-state index in [0.29, 0.717) is 17.5 Å². The Morgan fingerprint density at radius 3 is 2.66 bits per heavy atom. The third-order valence-corrected chi connectivity index (χ3v) is 5.20. The number of rotatable bonds is 9. The molecule has 2 N–H and O–H groups in total. The minimum absolute atomic E-state index is 0.0883. The normalized spacial score (nSPS) is 10.7. The molecular weight excluding hydrogens is 390 g/mol. The van der Waals surface area contributed by atoms with Crippen molar-refractivity contribution in [2.24, 2.45) is 0 Å². The maximum atomic E-state index is 12.1. The zero-order valence-electron chi connectivity index (χ0n) is 16.3. The molecule has 0 saturated carbocycles. The Labute approximate surface area is 173 Å². The van der Waals surface area contributed by atoms with Crippen LogP contribution in [-0.4, -0.2) is 38.9 Å². The van der Waals surface area contributed by atoms with Crippen molar-refractivity contribution in [2.45, 2.75) is 32.1 Å². The summed E-state index contributed by atoms with van der Waals surface area (Å²) in [4.78, 5) is 23.9. The first-order valence-corrected chi connectivity index (χ1v) is 10.2. The molecule has 8 nitrogen and oxygen atoms in total. The lowest BCUT2D eigenvalue weighted by molar-refractivity contribution is -0.124. The van der Waals surface area contributed by atoms with Gasteiger partial charge in [0.2, 0.25) is 11.8 Å². The summed E-state index contributed by atoms with van der Waals surface area (Å²) in [6, 6.07) is 11.5. The summed E-state index contributed by atoms with van der Waals surface area (Å²) in [6.07, 6.45) is 1.54. The molecule has 0 fully saturated rings. The molecule has 0 bridgehead atoms. The number of aromatic nitrogens is 3. The molecule has 2 aromatic heterocycles. The largest absolute Gasteiger partial charge is 0.467 e. The second kappa shape index (κ2) is 9.92. The third kappa shape index (κ3) is 5.47. The quantitative estimate of drug-likeness (QED) is 0.522. The van der Waals surface area contributed by atoms with Gasteiger partial charge in [0, 0.05) is 12.1 Å². The first-order chi connectivity index (χ1) is 14.1. The fourth-order valence-corrected chi connectivity index (χ4v) is 3.56. The number of carbonyl (C=O) groups excluding carboxylic acids is 2. The van der Waals surface area contributed by atoms with Crippen LogP contribution in [0.4, 0.5) is 0 Å². The van der Waals surface area contributed by atoms with Crippen LogP contribution < -0.4 is 10.6 Å². The Bertz CT molecular complexity index is 968. The van der Waals surface area contributed by atoms with Crippen molar-refractivity contribution in [3.05, 3.63) is 54.0 Å². The molecule has 3 aromatic rings. The molecular formula is C20H23N5O3S. The highest BCUT2D eigenvalue weighted by molar-refractivity contribution is 7.99. The summed E-state index contributed by atoms with van der Waals surface area (Å²) in [5, 5.41) is 14.5. The van der Waals surface area contributed by atoms with E-state index in [0.717, 1.165) is 17.0 Å². The molecule has 152 valence electrons. The molecule has 0 atom stereocenters. The molecule has 2 amide bonds. The van der Waals surface area contributed by atoms with Gasteiger partial charge in [-0.25, -0.2) is 0 Å². The molecule has 0 radical (unpaired) electrons. The standard InChI is InChI=1S/C20H23N5O3S/c1-3-25-19(16-9-5-4-7-14(16)2)23-24-20(25)29-13-18(27)22-12-17(26)21-11-15-8-6-10-28-15/h4-10H,3,11-13H2,1-2H3,(H,21,26)(H,22,27). The number of hydrogen-bond donors (Lipinski definition) is 2. The van der Waals surface area contributed by atoms with E-state index in [4.69, 9.17) is 4.42 Å². The SMILES string of the molecule is CCn1c(SCC(=O)NCC(=O)NCc2ccco2)nnc1-c1ccccc1C. The zero-order valence-corrected chi connectivity index (χ0v) is 17.2. The Hall–Kier alpha value is -3.07. The van der Waals surface area contributed by atoms with Crippen LogP contribution in [0, 0.1) is 6.92 Å². The van der Waals surface area contributed by atoms with Gasteiger partial charge in [-0.3, -0.25) is 9.59 Å². The minimum atomic E-state index is -0.279. The van der Waals surface area contributed by atoms with Gasteiger partial charge >= 0.3 is 0 Å². The molecule has 29 heavy (non-hydrogen) atoms. The molecule has 0 unspecified atom stereocenters. The summed E-state index contributed by atoms with van der Waals surface area (Å²) in [6.45, 7) is 4.93. The molecule has 2 heterocycles. The summed E-state index contributed by atoms with van der Waals surface area (Å²) >= 11 is 1.29. The van der Waals surface area contributed by atoms with E-state index in [1.54, 1.807) is 18.4 Å². The Morgan fingerprint density at radius 2 is 1.93 bits per heavy atom. The van der Waals surface area contributed by atoms with E-state index in [1.165, 1.54) is 11.8 Å². The predicted octanol–water partition coefficient (Wildman–Crippen LogP) is 2.39. The second-order valence-electron chi connectivity index (χ2n) is 6.29. The van der Waals surface area contributed by atoms with Crippen LogP contribution in [0.2, 0.25) is 0 Å². The number of nitrogens with zero attached hydrogens (tertiary/aromatic N) is 3. The van der Waals surface area contributed by atoms with Crippen LogP contribution in [-0.2, 0) is 22.7 Å². The first-order valence-electron chi connectivity index (χ1n) is 9.26. The van der Waals surface area contributed by atoms with Crippen molar-refractivity contribution >= 4 is 23.6 Å². The molecule has 0 saturated heterocycles. The summed E-state index contributed by atoms with van der Waals surface area (Å²) in [5.41, 5.74) is 2.14. The van der Waals surface area contributed by atoms with E-state index in [2.05, 4.69) is 20.8 Å². The predicted molar refractivity (Wildman–Crippen MR) is 110 cm³/mol. The lowest BCUT2D eigenvalue weighted by Crippen LogP contribution is -2.37. The van der Waals surface area contributed by atoms with Gasteiger partial charge in [0.15, 0.2) is 11.0 Å². The molecule has 0 aliphatic heterocycles. The van der Waals surface area contributed by atoms with Gasteiger partial charge in [-0.15, -0.1) is 10.2 Å². The van der Waals surface area contributed by atoms with E-state index >= 15 is 0 Å². The van der Waals surface area contributed by atoms with Crippen LogP contribution in [0.5, 0.6) is 0 Å². The average molecular weight is 414 g/mol. The lowest BCUT2D eigenvalue weighted by Gasteiger charge is -2.09. The number of nitrogens with one attached hydrogen (secondary N) is 2. The monoisotopic (exact) mass is 413 g/mol.